The molecule has 3 unspecified atom stereocenters. The summed E-state index contributed by atoms with van der Waals surface area (Å²) in [6.07, 6.45) is 7.13. The van der Waals surface area contributed by atoms with E-state index in [0.717, 1.165) is 12.8 Å². The summed E-state index contributed by atoms with van der Waals surface area (Å²) in [7, 11) is 0. The number of rotatable bonds is 3. The van der Waals surface area contributed by atoms with Crippen molar-refractivity contribution in [3.05, 3.63) is 59.2 Å². The van der Waals surface area contributed by atoms with Crippen LogP contribution in [0.25, 0.3) is 0 Å². The summed E-state index contributed by atoms with van der Waals surface area (Å²) >= 11 is 0. The SMILES string of the molecule is C=C1CC[C@H]2CC1C(c1ccc(C)cc1)OC2(C)CC=C(C)C. The van der Waals surface area contributed by atoms with E-state index in [-0.39, 0.29) is 11.7 Å². The van der Waals surface area contributed by atoms with Gasteiger partial charge in [0, 0.05) is 5.92 Å². The first kappa shape index (κ1) is 16.5. The van der Waals surface area contributed by atoms with Gasteiger partial charge in [-0.1, -0.05) is 53.6 Å². The minimum Gasteiger partial charge on any atom is -0.366 e. The Morgan fingerprint density at radius 1 is 1.30 bits per heavy atom. The molecular formula is C22H30O. The second kappa shape index (κ2) is 6.28. The molecule has 0 spiro atoms. The predicted octanol–water partition coefficient (Wildman–Crippen LogP) is 6.15. The number of hydrogen-bond acceptors (Lipinski definition) is 1. The van der Waals surface area contributed by atoms with Crippen LogP contribution >= 0.6 is 0 Å². The van der Waals surface area contributed by atoms with Gasteiger partial charge >= 0.3 is 0 Å². The van der Waals surface area contributed by atoms with Gasteiger partial charge < -0.3 is 4.74 Å². The van der Waals surface area contributed by atoms with E-state index in [1.165, 1.54) is 35.1 Å². The Balaban J connectivity index is 1.92. The lowest BCUT2D eigenvalue weighted by Gasteiger charge is -2.52. The smallest absolute Gasteiger partial charge is 0.0897 e. The van der Waals surface area contributed by atoms with Crippen molar-refractivity contribution in [1.82, 2.24) is 0 Å². The molecule has 1 aromatic carbocycles. The molecule has 2 fully saturated rings. The maximum Gasteiger partial charge on any atom is 0.0897 e. The van der Waals surface area contributed by atoms with Gasteiger partial charge in [-0.15, -0.1) is 0 Å². The summed E-state index contributed by atoms with van der Waals surface area (Å²) in [5.41, 5.74) is 5.33. The lowest BCUT2D eigenvalue weighted by atomic mass is 9.65. The third-order valence-corrected chi connectivity index (χ3v) is 5.82. The van der Waals surface area contributed by atoms with Crippen LogP contribution in [0, 0.1) is 18.8 Å². The Labute approximate surface area is 141 Å². The van der Waals surface area contributed by atoms with Crippen molar-refractivity contribution in [2.75, 3.05) is 0 Å². The van der Waals surface area contributed by atoms with Crippen LogP contribution in [-0.2, 0) is 4.74 Å². The molecule has 1 heterocycles. The summed E-state index contributed by atoms with van der Waals surface area (Å²) in [6.45, 7) is 13.2. The average Bonchev–Trinajstić information content (AvgIpc) is 2.52. The normalized spacial score (nSPS) is 33.4. The molecule has 4 atom stereocenters. The highest BCUT2D eigenvalue weighted by atomic mass is 16.5. The molecule has 1 aliphatic carbocycles. The molecule has 23 heavy (non-hydrogen) atoms. The first-order valence-electron chi connectivity index (χ1n) is 8.94. The van der Waals surface area contributed by atoms with Crippen LogP contribution in [0.2, 0.25) is 0 Å². The standard InChI is InChI=1S/C22H30O/c1-15(2)12-13-22(5)19-11-8-17(4)20(14-19)21(23-22)18-9-6-16(3)7-10-18/h6-7,9-10,12,19-21H,4,8,11,13-14H2,1-3,5H3/t19-,20?,21?,22?/m0/s1. The van der Waals surface area contributed by atoms with Gasteiger partial charge in [-0.05, 0) is 64.9 Å². The quantitative estimate of drug-likeness (QED) is 0.608. The molecule has 1 saturated carbocycles. The Morgan fingerprint density at radius 3 is 2.65 bits per heavy atom. The molecule has 124 valence electrons. The van der Waals surface area contributed by atoms with Crippen molar-refractivity contribution in [2.24, 2.45) is 11.8 Å². The second-order valence-corrected chi connectivity index (χ2v) is 7.98. The monoisotopic (exact) mass is 310 g/mol. The highest BCUT2D eigenvalue weighted by molar-refractivity contribution is 5.28. The summed E-state index contributed by atoms with van der Waals surface area (Å²) < 4.78 is 6.78. The van der Waals surface area contributed by atoms with Gasteiger partial charge in [-0.2, -0.15) is 0 Å². The van der Waals surface area contributed by atoms with Crippen LogP contribution in [0.4, 0.5) is 0 Å². The number of hydrogen-bond donors (Lipinski definition) is 0. The molecule has 0 N–H and O–H groups in total. The Bertz CT molecular complexity index is 605. The average molecular weight is 310 g/mol. The van der Waals surface area contributed by atoms with Crippen molar-refractivity contribution < 1.29 is 4.74 Å². The summed E-state index contributed by atoms with van der Waals surface area (Å²) in [6, 6.07) is 8.88. The van der Waals surface area contributed by atoms with Gasteiger partial charge in [0.25, 0.3) is 0 Å². The minimum atomic E-state index is -0.0516. The van der Waals surface area contributed by atoms with Gasteiger partial charge in [0.2, 0.25) is 0 Å². The van der Waals surface area contributed by atoms with Crippen LogP contribution in [-0.4, -0.2) is 5.60 Å². The maximum absolute atomic E-state index is 6.78. The molecule has 0 radical (unpaired) electrons. The van der Waals surface area contributed by atoms with E-state index in [0.29, 0.717) is 11.8 Å². The van der Waals surface area contributed by atoms with E-state index in [2.05, 4.69) is 64.6 Å². The number of benzene rings is 1. The zero-order chi connectivity index (χ0) is 16.6. The van der Waals surface area contributed by atoms with Gasteiger partial charge in [-0.3, -0.25) is 0 Å². The van der Waals surface area contributed by atoms with E-state index in [1.54, 1.807) is 0 Å². The summed E-state index contributed by atoms with van der Waals surface area (Å²) in [5, 5.41) is 0. The molecule has 0 aromatic heterocycles. The second-order valence-electron chi connectivity index (χ2n) is 7.98. The highest BCUT2D eigenvalue weighted by Gasteiger charge is 2.48. The highest BCUT2D eigenvalue weighted by Crippen LogP contribution is 2.53. The van der Waals surface area contributed by atoms with E-state index < -0.39 is 0 Å². The van der Waals surface area contributed by atoms with Gasteiger partial charge in [0.1, 0.15) is 0 Å². The molecule has 1 saturated heterocycles. The fourth-order valence-corrected chi connectivity index (χ4v) is 4.17. The number of aryl methyl sites for hydroxylation is 1. The van der Waals surface area contributed by atoms with E-state index in [9.17, 15) is 0 Å². The molecule has 2 bridgehead atoms. The topological polar surface area (TPSA) is 9.23 Å². The van der Waals surface area contributed by atoms with E-state index in [1.807, 2.05) is 0 Å². The summed E-state index contributed by atoms with van der Waals surface area (Å²) in [5.74, 6) is 1.13. The minimum absolute atomic E-state index is 0.0516. The van der Waals surface area contributed by atoms with Gasteiger partial charge in [-0.25, -0.2) is 0 Å². The van der Waals surface area contributed by atoms with Crippen molar-refractivity contribution in [1.29, 1.82) is 0 Å². The van der Waals surface area contributed by atoms with Crippen molar-refractivity contribution in [2.45, 2.75) is 65.1 Å². The predicted molar refractivity (Wildman–Crippen MR) is 97.4 cm³/mol. The van der Waals surface area contributed by atoms with E-state index in [4.69, 9.17) is 4.74 Å². The molecule has 1 nitrogen and oxygen atoms in total. The lowest BCUT2D eigenvalue weighted by Crippen LogP contribution is -2.48. The molecule has 2 aliphatic rings. The third kappa shape index (κ3) is 3.30. The fourth-order valence-electron chi connectivity index (χ4n) is 4.17. The number of allylic oxidation sites excluding steroid dienone is 1. The first-order chi connectivity index (χ1) is 10.9. The molecule has 1 aromatic rings. The van der Waals surface area contributed by atoms with E-state index >= 15 is 0 Å². The zero-order valence-electron chi connectivity index (χ0n) is 15.1. The van der Waals surface area contributed by atoms with Crippen molar-refractivity contribution in [3.8, 4) is 0 Å². The fraction of sp³-hybridized carbons (Fsp3) is 0.545. The maximum atomic E-state index is 6.78. The molecular weight excluding hydrogens is 280 g/mol. The molecule has 1 heteroatoms. The van der Waals surface area contributed by atoms with Crippen LogP contribution in [0.5, 0.6) is 0 Å². The molecule has 0 amide bonds. The zero-order valence-corrected chi connectivity index (χ0v) is 15.1. The lowest BCUT2D eigenvalue weighted by molar-refractivity contribution is -0.181. The largest absolute Gasteiger partial charge is 0.366 e. The van der Waals surface area contributed by atoms with Gasteiger partial charge in [0.05, 0.1) is 11.7 Å². The van der Waals surface area contributed by atoms with Crippen LogP contribution < -0.4 is 0 Å². The number of ether oxygens (including phenoxy) is 1. The van der Waals surface area contributed by atoms with Gasteiger partial charge in [0.15, 0.2) is 0 Å². The third-order valence-electron chi connectivity index (χ3n) is 5.82. The van der Waals surface area contributed by atoms with Crippen LogP contribution in [0.1, 0.15) is 63.7 Å². The van der Waals surface area contributed by atoms with Crippen molar-refractivity contribution in [3.63, 3.8) is 0 Å². The Morgan fingerprint density at radius 2 is 2.00 bits per heavy atom. The Hall–Kier alpha value is -1.34. The van der Waals surface area contributed by atoms with Crippen LogP contribution in [0.15, 0.2) is 48.1 Å². The number of fused-ring (bicyclic) bond motifs is 2. The van der Waals surface area contributed by atoms with Crippen LogP contribution in [0.3, 0.4) is 0 Å². The Kier molecular flexibility index (Phi) is 4.51. The molecule has 1 aliphatic heterocycles. The first-order valence-corrected chi connectivity index (χ1v) is 8.94. The molecule has 3 rings (SSSR count). The van der Waals surface area contributed by atoms with Crippen molar-refractivity contribution >= 4 is 0 Å². The summed E-state index contributed by atoms with van der Waals surface area (Å²) in [4.78, 5) is 0.